The number of nitrogens with one attached hydrogen (secondary N) is 2. The standard InChI is InChI=1S/C19H16F3N5O4/c1-11-2-3-12(18-26-24-10-31-18)8-15(11)25-17(28)6-7-23-14-5-4-13(19(20,21)22)9-16(14)27(29)30/h2-5,8-10,23H,6-7H2,1H3,(H,25,28). The summed E-state index contributed by atoms with van der Waals surface area (Å²) in [5.41, 5.74) is -0.0566. The second-order valence-corrected chi connectivity index (χ2v) is 6.49. The van der Waals surface area contributed by atoms with Gasteiger partial charge in [-0.05, 0) is 36.8 Å². The first-order chi connectivity index (χ1) is 14.6. The lowest BCUT2D eigenvalue weighted by Gasteiger charge is -2.12. The number of aryl methyl sites for hydroxylation is 1. The minimum atomic E-state index is -4.70. The van der Waals surface area contributed by atoms with E-state index in [0.29, 0.717) is 17.3 Å². The van der Waals surface area contributed by atoms with E-state index in [9.17, 15) is 28.1 Å². The first kappa shape index (κ1) is 21.7. The van der Waals surface area contributed by atoms with E-state index >= 15 is 0 Å². The van der Waals surface area contributed by atoms with Gasteiger partial charge in [0.05, 0.1) is 10.5 Å². The van der Waals surface area contributed by atoms with Gasteiger partial charge in [-0.15, -0.1) is 10.2 Å². The Morgan fingerprint density at radius 1 is 1.19 bits per heavy atom. The van der Waals surface area contributed by atoms with Crippen molar-refractivity contribution in [1.82, 2.24) is 10.2 Å². The van der Waals surface area contributed by atoms with Crippen molar-refractivity contribution in [1.29, 1.82) is 0 Å². The molecular formula is C19H16F3N5O4. The number of halogens is 3. The molecule has 3 rings (SSSR count). The zero-order valence-corrected chi connectivity index (χ0v) is 16.1. The molecule has 0 fully saturated rings. The maximum Gasteiger partial charge on any atom is 0.416 e. The maximum atomic E-state index is 12.8. The molecule has 12 heteroatoms. The van der Waals surface area contributed by atoms with Crippen molar-refractivity contribution in [2.75, 3.05) is 17.2 Å². The van der Waals surface area contributed by atoms with Crippen LogP contribution in [0, 0.1) is 17.0 Å². The van der Waals surface area contributed by atoms with Crippen molar-refractivity contribution < 1.29 is 27.3 Å². The monoisotopic (exact) mass is 435 g/mol. The van der Waals surface area contributed by atoms with Crippen LogP contribution in [0.1, 0.15) is 17.5 Å². The number of aromatic nitrogens is 2. The highest BCUT2D eigenvalue weighted by molar-refractivity contribution is 5.92. The molecule has 3 aromatic rings. The highest BCUT2D eigenvalue weighted by atomic mass is 19.4. The normalized spacial score (nSPS) is 11.2. The largest absolute Gasteiger partial charge is 0.423 e. The molecule has 2 N–H and O–H groups in total. The lowest BCUT2D eigenvalue weighted by molar-refractivity contribution is -0.384. The number of amides is 1. The first-order valence-electron chi connectivity index (χ1n) is 8.91. The van der Waals surface area contributed by atoms with Crippen molar-refractivity contribution in [2.45, 2.75) is 19.5 Å². The number of hydrogen-bond donors (Lipinski definition) is 2. The van der Waals surface area contributed by atoms with Gasteiger partial charge in [-0.3, -0.25) is 14.9 Å². The third-order valence-corrected chi connectivity index (χ3v) is 4.31. The number of nitrogens with zero attached hydrogens (tertiary/aromatic N) is 3. The Morgan fingerprint density at radius 2 is 1.97 bits per heavy atom. The van der Waals surface area contributed by atoms with Crippen LogP contribution in [0.5, 0.6) is 0 Å². The van der Waals surface area contributed by atoms with Crippen LogP contribution in [0.25, 0.3) is 11.5 Å². The van der Waals surface area contributed by atoms with E-state index < -0.39 is 28.3 Å². The third kappa shape index (κ3) is 5.35. The first-order valence-corrected chi connectivity index (χ1v) is 8.91. The van der Waals surface area contributed by atoms with Crippen LogP contribution >= 0.6 is 0 Å². The lowest BCUT2D eigenvalue weighted by Crippen LogP contribution is -2.17. The molecular weight excluding hydrogens is 419 g/mol. The molecule has 0 saturated heterocycles. The summed E-state index contributed by atoms with van der Waals surface area (Å²) in [7, 11) is 0. The summed E-state index contributed by atoms with van der Waals surface area (Å²) in [5.74, 6) is -0.111. The number of nitro groups is 1. The number of alkyl halides is 3. The summed E-state index contributed by atoms with van der Waals surface area (Å²) in [4.78, 5) is 22.5. The number of carbonyl (C=O) groups is 1. The summed E-state index contributed by atoms with van der Waals surface area (Å²) in [6, 6.07) is 7.34. The highest BCUT2D eigenvalue weighted by Gasteiger charge is 2.33. The molecule has 162 valence electrons. The van der Waals surface area contributed by atoms with Crippen molar-refractivity contribution in [3.05, 3.63) is 64.0 Å². The summed E-state index contributed by atoms with van der Waals surface area (Å²) in [6.07, 6.45) is -3.60. The summed E-state index contributed by atoms with van der Waals surface area (Å²) in [6.45, 7) is 1.76. The van der Waals surface area contributed by atoms with Crippen LogP contribution in [0.15, 0.2) is 47.2 Å². The van der Waals surface area contributed by atoms with Gasteiger partial charge in [-0.1, -0.05) is 6.07 Å². The lowest BCUT2D eigenvalue weighted by atomic mass is 10.1. The van der Waals surface area contributed by atoms with Crippen molar-refractivity contribution >= 4 is 23.0 Å². The average molecular weight is 435 g/mol. The second kappa shape index (κ2) is 8.81. The van der Waals surface area contributed by atoms with Gasteiger partial charge in [-0.25, -0.2) is 0 Å². The Balaban J connectivity index is 1.63. The molecule has 0 aliphatic rings. The Labute approximate surface area is 173 Å². The molecule has 0 bridgehead atoms. The fourth-order valence-electron chi connectivity index (χ4n) is 2.72. The van der Waals surface area contributed by atoms with Gasteiger partial charge >= 0.3 is 6.18 Å². The topological polar surface area (TPSA) is 123 Å². The number of benzene rings is 2. The van der Waals surface area contributed by atoms with Gasteiger partial charge in [0.1, 0.15) is 5.69 Å². The van der Waals surface area contributed by atoms with E-state index in [4.69, 9.17) is 4.42 Å². The second-order valence-electron chi connectivity index (χ2n) is 6.49. The summed E-state index contributed by atoms with van der Waals surface area (Å²) < 4.78 is 43.4. The Kier molecular flexibility index (Phi) is 6.18. The van der Waals surface area contributed by atoms with Crippen molar-refractivity contribution in [3.8, 4) is 11.5 Å². The van der Waals surface area contributed by atoms with Crippen LogP contribution < -0.4 is 10.6 Å². The molecule has 9 nitrogen and oxygen atoms in total. The van der Waals surface area contributed by atoms with E-state index in [-0.39, 0.29) is 24.5 Å². The van der Waals surface area contributed by atoms with Crippen LogP contribution in [-0.4, -0.2) is 27.6 Å². The number of nitro benzene ring substituents is 1. The molecule has 2 aromatic carbocycles. The molecule has 31 heavy (non-hydrogen) atoms. The molecule has 0 radical (unpaired) electrons. The van der Waals surface area contributed by atoms with Crippen LogP contribution in [0.4, 0.5) is 30.2 Å². The highest BCUT2D eigenvalue weighted by Crippen LogP contribution is 2.35. The predicted molar refractivity (Wildman–Crippen MR) is 104 cm³/mol. The Morgan fingerprint density at radius 3 is 2.61 bits per heavy atom. The molecule has 0 aliphatic carbocycles. The van der Waals surface area contributed by atoms with Crippen molar-refractivity contribution in [2.24, 2.45) is 0 Å². The van der Waals surface area contributed by atoms with Gasteiger partial charge in [0.15, 0.2) is 0 Å². The van der Waals surface area contributed by atoms with Gasteiger partial charge in [0.25, 0.3) is 5.69 Å². The van der Waals surface area contributed by atoms with Crippen molar-refractivity contribution in [3.63, 3.8) is 0 Å². The number of rotatable bonds is 7. The molecule has 0 atom stereocenters. The molecule has 1 heterocycles. The Hall–Kier alpha value is -3.96. The van der Waals surface area contributed by atoms with E-state index in [1.807, 2.05) is 0 Å². The zero-order chi connectivity index (χ0) is 22.6. The molecule has 0 unspecified atom stereocenters. The maximum absolute atomic E-state index is 12.8. The van der Waals surface area contributed by atoms with E-state index in [1.165, 1.54) is 6.39 Å². The van der Waals surface area contributed by atoms with E-state index in [0.717, 1.165) is 17.7 Å². The number of carbonyl (C=O) groups excluding carboxylic acids is 1. The van der Waals surface area contributed by atoms with E-state index in [1.54, 1.807) is 25.1 Å². The minimum absolute atomic E-state index is 0.0273. The Bertz CT molecular complexity index is 1100. The molecule has 1 aromatic heterocycles. The molecule has 0 saturated carbocycles. The SMILES string of the molecule is Cc1ccc(-c2nnco2)cc1NC(=O)CCNc1ccc(C(F)(F)F)cc1[N+](=O)[O-]. The fourth-order valence-corrected chi connectivity index (χ4v) is 2.72. The van der Waals surface area contributed by atoms with Gasteiger partial charge in [-0.2, -0.15) is 13.2 Å². The quantitative estimate of drug-likeness (QED) is 0.416. The molecule has 0 spiro atoms. The van der Waals surface area contributed by atoms with Crippen LogP contribution in [-0.2, 0) is 11.0 Å². The molecule has 0 aliphatic heterocycles. The average Bonchev–Trinajstić information content (AvgIpc) is 3.23. The number of hydrogen-bond acceptors (Lipinski definition) is 7. The van der Waals surface area contributed by atoms with Crippen LogP contribution in [0.3, 0.4) is 0 Å². The fraction of sp³-hybridized carbons (Fsp3) is 0.211. The smallest absolute Gasteiger partial charge is 0.416 e. The van der Waals surface area contributed by atoms with Crippen LogP contribution in [0.2, 0.25) is 0 Å². The molecule has 1 amide bonds. The third-order valence-electron chi connectivity index (χ3n) is 4.31. The van der Waals surface area contributed by atoms with Gasteiger partial charge in [0, 0.05) is 30.3 Å². The predicted octanol–water partition coefficient (Wildman–Crippen LogP) is 4.41. The summed E-state index contributed by atoms with van der Waals surface area (Å²) >= 11 is 0. The zero-order valence-electron chi connectivity index (χ0n) is 16.1. The van der Waals surface area contributed by atoms with Gasteiger partial charge < -0.3 is 15.1 Å². The minimum Gasteiger partial charge on any atom is -0.423 e. The van der Waals surface area contributed by atoms with E-state index in [2.05, 4.69) is 20.8 Å². The van der Waals surface area contributed by atoms with Gasteiger partial charge in [0.2, 0.25) is 18.2 Å². The summed E-state index contributed by atoms with van der Waals surface area (Å²) in [5, 5.41) is 23.9. The number of anilines is 2.